The summed E-state index contributed by atoms with van der Waals surface area (Å²) >= 11 is 0. The highest BCUT2D eigenvalue weighted by molar-refractivity contribution is 6.33. The lowest BCUT2D eigenvalue weighted by molar-refractivity contribution is 0.288. The van der Waals surface area contributed by atoms with E-state index >= 15 is 0 Å². The molecule has 4 aromatic rings. The summed E-state index contributed by atoms with van der Waals surface area (Å²) in [6.45, 7) is 9.05. The predicted molar refractivity (Wildman–Crippen MR) is 138 cm³/mol. The van der Waals surface area contributed by atoms with Crippen LogP contribution in [0.15, 0.2) is 78.9 Å². The van der Waals surface area contributed by atoms with Crippen LogP contribution in [0.3, 0.4) is 0 Å². The minimum atomic E-state index is -1.83. The van der Waals surface area contributed by atoms with E-state index in [9.17, 15) is 10.0 Å². The van der Waals surface area contributed by atoms with E-state index in [1.165, 1.54) is 44.5 Å². The lowest BCUT2D eigenvalue weighted by Crippen LogP contribution is -2.21. The van der Waals surface area contributed by atoms with Crippen molar-refractivity contribution in [3.05, 3.63) is 101 Å². The number of rotatable bonds is 3. The van der Waals surface area contributed by atoms with E-state index in [4.69, 9.17) is 4.65 Å². The summed E-state index contributed by atoms with van der Waals surface area (Å²) in [5.41, 5.74) is 12.4. The average Bonchev–Trinajstić information content (AvgIpc) is 3.18. The average molecular weight is 446 g/mol. The Kier molecular flexibility index (Phi) is 4.42. The molecule has 6 rings (SSSR count). The first-order chi connectivity index (χ1) is 16.2. The van der Waals surface area contributed by atoms with E-state index in [1.54, 1.807) is 6.07 Å². The molecular formula is C30H27BO3. The van der Waals surface area contributed by atoms with Gasteiger partial charge in [-0.2, -0.15) is 0 Å². The van der Waals surface area contributed by atoms with Gasteiger partial charge in [-0.3, -0.25) is 0 Å². The minimum Gasteiger partial charge on any atom is -0.512 e. The first kappa shape index (κ1) is 21.2. The smallest absolute Gasteiger partial charge is 0.512 e. The van der Waals surface area contributed by atoms with Crippen molar-refractivity contribution in [3.63, 3.8) is 0 Å². The maximum absolute atomic E-state index is 9.21. The summed E-state index contributed by atoms with van der Waals surface area (Å²) in [6.07, 6.45) is 0. The lowest BCUT2D eigenvalue weighted by atomic mass is 9.80. The van der Waals surface area contributed by atoms with Crippen molar-refractivity contribution in [3.8, 4) is 39.1 Å². The third-order valence-corrected chi connectivity index (χ3v) is 7.81. The standard InChI is InChI=1S/C30H27BO3/c1-29(2)25-8-6-5-7-21(25)22-12-9-18(15-26(22)29)19-10-13-23-24-14-11-20(34-31(32)33)17-28(24)30(3,4)27(23)16-19/h5-17,32-33H,1-4H3. The van der Waals surface area contributed by atoms with E-state index < -0.39 is 7.32 Å². The monoisotopic (exact) mass is 446 g/mol. The first-order valence-electron chi connectivity index (χ1n) is 11.7. The molecule has 0 fully saturated rings. The minimum absolute atomic E-state index is 0.0259. The van der Waals surface area contributed by atoms with Gasteiger partial charge in [0.2, 0.25) is 0 Å². The van der Waals surface area contributed by atoms with Crippen LogP contribution in [-0.4, -0.2) is 17.4 Å². The molecule has 0 unspecified atom stereocenters. The fraction of sp³-hybridized carbons (Fsp3) is 0.200. The van der Waals surface area contributed by atoms with Crippen molar-refractivity contribution in [2.75, 3.05) is 0 Å². The van der Waals surface area contributed by atoms with Crippen molar-refractivity contribution in [2.45, 2.75) is 38.5 Å². The van der Waals surface area contributed by atoms with Gasteiger partial charge in [0.1, 0.15) is 5.75 Å². The normalized spacial score (nSPS) is 15.8. The zero-order valence-corrected chi connectivity index (χ0v) is 19.9. The molecule has 4 aromatic carbocycles. The maximum atomic E-state index is 9.21. The molecule has 0 spiro atoms. The molecule has 0 radical (unpaired) electrons. The largest absolute Gasteiger partial charge is 0.707 e. The molecule has 0 saturated heterocycles. The first-order valence-corrected chi connectivity index (χ1v) is 11.7. The van der Waals surface area contributed by atoms with Crippen LogP contribution >= 0.6 is 0 Å². The Labute approximate surface area is 200 Å². The van der Waals surface area contributed by atoms with Crippen LogP contribution in [0.5, 0.6) is 5.75 Å². The van der Waals surface area contributed by atoms with E-state index in [0.717, 1.165) is 11.1 Å². The van der Waals surface area contributed by atoms with Crippen LogP contribution in [0.4, 0.5) is 0 Å². The molecule has 0 atom stereocenters. The van der Waals surface area contributed by atoms with Crippen molar-refractivity contribution in [1.82, 2.24) is 0 Å². The Hall–Kier alpha value is -3.34. The molecule has 0 bridgehead atoms. The second-order valence-corrected chi connectivity index (χ2v) is 10.5. The Bertz CT molecular complexity index is 1470. The zero-order chi connectivity index (χ0) is 23.8. The quantitative estimate of drug-likeness (QED) is 0.363. The second kappa shape index (κ2) is 7.08. The molecule has 0 aromatic heterocycles. The molecule has 0 heterocycles. The van der Waals surface area contributed by atoms with Crippen LogP contribution in [0.2, 0.25) is 0 Å². The second-order valence-electron chi connectivity index (χ2n) is 10.5. The lowest BCUT2D eigenvalue weighted by Gasteiger charge is -2.23. The summed E-state index contributed by atoms with van der Waals surface area (Å²) in [4.78, 5) is 0. The van der Waals surface area contributed by atoms with E-state index in [0.29, 0.717) is 5.75 Å². The van der Waals surface area contributed by atoms with Gasteiger partial charge in [0.25, 0.3) is 0 Å². The van der Waals surface area contributed by atoms with Crippen molar-refractivity contribution < 1.29 is 14.7 Å². The molecule has 2 aliphatic rings. The van der Waals surface area contributed by atoms with E-state index in [1.807, 2.05) is 12.1 Å². The van der Waals surface area contributed by atoms with Gasteiger partial charge in [-0.25, -0.2) is 0 Å². The highest BCUT2D eigenvalue weighted by Crippen LogP contribution is 2.52. The SMILES string of the molecule is CC1(C)c2ccccc2-c2ccc(-c3ccc4c(c3)C(C)(C)c3cc(OB(O)O)ccc3-4)cc21. The Morgan fingerprint density at radius 1 is 0.559 bits per heavy atom. The van der Waals surface area contributed by atoms with Gasteiger partial charge in [-0.1, -0.05) is 82.3 Å². The topological polar surface area (TPSA) is 49.7 Å². The Morgan fingerprint density at radius 2 is 1.03 bits per heavy atom. The third-order valence-electron chi connectivity index (χ3n) is 7.81. The number of hydrogen-bond donors (Lipinski definition) is 2. The molecule has 4 heteroatoms. The van der Waals surface area contributed by atoms with Crippen molar-refractivity contribution in [2.24, 2.45) is 0 Å². The van der Waals surface area contributed by atoms with Gasteiger partial charge >= 0.3 is 7.32 Å². The molecule has 3 nitrogen and oxygen atoms in total. The molecular weight excluding hydrogens is 419 g/mol. The molecule has 0 saturated carbocycles. The highest BCUT2D eigenvalue weighted by Gasteiger charge is 2.37. The molecule has 168 valence electrons. The van der Waals surface area contributed by atoms with Crippen LogP contribution < -0.4 is 4.65 Å². The molecule has 2 N–H and O–H groups in total. The fourth-order valence-electron chi connectivity index (χ4n) is 5.98. The summed E-state index contributed by atoms with van der Waals surface area (Å²) in [7, 11) is -1.83. The summed E-state index contributed by atoms with van der Waals surface area (Å²) in [5, 5.41) is 18.4. The molecule has 0 aliphatic heterocycles. The molecule has 34 heavy (non-hydrogen) atoms. The van der Waals surface area contributed by atoms with E-state index in [-0.39, 0.29) is 10.8 Å². The zero-order valence-electron chi connectivity index (χ0n) is 19.9. The number of fused-ring (bicyclic) bond motifs is 6. The van der Waals surface area contributed by atoms with E-state index in [2.05, 4.69) is 88.4 Å². The number of benzene rings is 4. The van der Waals surface area contributed by atoms with Gasteiger partial charge < -0.3 is 14.7 Å². The highest BCUT2D eigenvalue weighted by atomic mass is 16.6. The van der Waals surface area contributed by atoms with Crippen LogP contribution in [-0.2, 0) is 10.8 Å². The Morgan fingerprint density at radius 3 is 1.62 bits per heavy atom. The van der Waals surface area contributed by atoms with Gasteiger partial charge in [0.15, 0.2) is 0 Å². The van der Waals surface area contributed by atoms with Crippen LogP contribution in [0.25, 0.3) is 33.4 Å². The molecule has 0 amide bonds. The van der Waals surface area contributed by atoms with Crippen LogP contribution in [0.1, 0.15) is 49.9 Å². The molecule has 2 aliphatic carbocycles. The van der Waals surface area contributed by atoms with Crippen LogP contribution in [0, 0.1) is 0 Å². The summed E-state index contributed by atoms with van der Waals surface area (Å²) < 4.78 is 5.12. The maximum Gasteiger partial charge on any atom is 0.707 e. The number of hydrogen-bond acceptors (Lipinski definition) is 3. The van der Waals surface area contributed by atoms with Gasteiger partial charge in [0.05, 0.1) is 0 Å². The Balaban J connectivity index is 1.44. The third kappa shape index (κ3) is 2.92. The van der Waals surface area contributed by atoms with Gasteiger partial charge in [-0.05, 0) is 79.9 Å². The summed E-state index contributed by atoms with van der Waals surface area (Å²) in [5.74, 6) is 0.454. The fourth-order valence-corrected chi connectivity index (χ4v) is 5.98. The van der Waals surface area contributed by atoms with Crippen molar-refractivity contribution in [1.29, 1.82) is 0 Å². The van der Waals surface area contributed by atoms with Crippen molar-refractivity contribution >= 4 is 7.32 Å². The predicted octanol–water partition coefficient (Wildman–Crippen LogP) is 6.31. The van der Waals surface area contributed by atoms with Gasteiger partial charge in [0, 0.05) is 10.8 Å². The van der Waals surface area contributed by atoms with Gasteiger partial charge in [-0.15, -0.1) is 0 Å². The summed E-state index contributed by atoms with van der Waals surface area (Å²) in [6, 6.07) is 28.1.